The van der Waals surface area contributed by atoms with Gasteiger partial charge in [0, 0.05) is 19.7 Å². The molecule has 0 amide bonds. The van der Waals surface area contributed by atoms with Crippen molar-refractivity contribution in [2.45, 2.75) is 25.9 Å². The highest BCUT2D eigenvalue weighted by molar-refractivity contribution is 4.76. The minimum Gasteiger partial charge on any atom is -0.396 e. The molecule has 1 aliphatic rings. The molecule has 1 heterocycles. The largest absolute Gasteiger partial charge is 0.396 e. The van der Waals surface area contributed by atoms with Crippen molar-refractivity contribution in [3.05, 3.63) is 0 Å². The minimum absolute atomic E-state index is 0.169. The molecule has 2 atom stereocenters. The van der Waals surface area contributed by atoms with Crippen molar-refractivity contribution in [2.24, 2.45) is 5.92 Å². The molecule has 12 heavy (non-hydrogen) atoms. The van der Waals surface area contributed by atoms with Crippen LogP contribution in [0.2, 0.25) is 0 Å². The van der Waals surface area contributed by atoms with Crippen LogP contribution < -0.4 is 0 Å². The average Bonchev–Trinajstić information content (AvgIpc) is 2.07. The van der Waals surface area contributed by atoms with E-state index in [1.807, 2.05) is 0 Å². The third-order valence-corrected chi connectivity index (χ3v) is 2.64. The fraction of sp³-hybridized carbons (Fsp3) is 1.00. The molecular weight excluding hydrogens is 154 g/mol. The van der Waals surface area contributed by atoms with Gasteiger partial charge in [-0.15, -0.1) is 0 Å². The smallest absolute Gasteiger partial charge is 0.0693 e. The molecule has 2 N–H and O–H groups in total. The normalized spacial score (nSPS) is 32.2. The van der Waals surface area contributed by atoms with Crippen LogP contribution in [-0.2, 0) is 0 Å². The predicted molar refractivity (Wildman–Crippen MR) is 47.9 cm³/mol. The highest BCUT2D eigenvalue weighted by atomic mass is 16.3. The number of rotatable bonds is 3. The molecule has 1 rings (SSSR count). The summed E-state index contributed by atoms with van der Waals surface area (Å²) in [5.74, 6) is 0.440. The molecule has 1 saturated heterocycles. The summed E-state index contributed by atoms with van der Waals surface area (Å²) in [5.41, 5.74) is 0. The number of aliphatic hydroxyl groups excluding tert-OH is 2. The molecule has 0 saturated carbocycles. The predicted octanol–water partition coefficient (Wildman–Crippen LogP) is 0.0715. The lowest BCUT2D eigenvalue weighted by atomic mass is 9.96. The summed E-state index contributed by atoms with van der Waals surface area (Å²) in [4.78, 5) is 2.22. The molecule has 2 unspecified atom stereocenters. The van der Waals surface area contributed by atoms with E-state index >= 15 is 0 Å². The van der Waals surface area contributed by atoms with E-state index in [-0.39, 0.29) is 12.7 Å². The summed E-state index contributed by atoms with van der Waals surface area (Å²) in [6, 6.07) is 0. The molecule has 0 aromatic heterocycles. The van der Waals surface area contributed by atoms with Crippen molar-refractivity contribution in [3.63, 3.8) is 0 Å². The second-order valence-electron chi connectivity index (χ2n) is 3.71. The van der Waals surface area contributed by atoms with Crippen LogP contribution in [0.3, 0.4) is 0 Å². The van der Waals surface area contributed by atoms with E-state index in [2.05, 4.69) is 11.8 Å². The lowest BCUT2D eigenvalue weighted by molar-refractivity contribution is 0.0271. The Morgan fingerprint density at radius 3 is 2.83 bits per heavy atom. The second kappa shape index (κ2) is 4.80. The van der Waals surface area contributed by atoms with Crippen LogP contribution in [-0.4, -0.2) is 47.5 Å². The third kappa shape index (κ3) is 2.73. The van der Waals surface area contributed by atoms with E-state index in [9.17, 15) is 5.11 Å². The zero-order valence-electron chi connectivity index (χ0n) is 7.74. The summed E-state index contributed by atoms with van der Waals surface area (Å²) >= 11 is 0. The summed E-state index contributed by atoms with van der Waals surface area (Å²) in [5, 5.41) is 18.2. The maximum Gasteiger partial charge on any atom is 0.0693 e. The van der Waals surface area contributed by atoms with Crippen molar-refractivity contribution < 1.29 is 10.2 Å². The van der Waals surface area contributed by atoms with Crippen LogP contribution in [0.1, 0.15) is 19.8 Å². The Hall–Kier alpha value is -0.120. The molecule has 1 aliphatic heterocycles. The zero-order chi connectivity index (χ0) is 8.97. The number of hydrogen-bond donors (Lipinski definition) is 2. The van der Waals surface area contributed by atoms with Gasteiger partial charge in [-0.25, -0.2) is 0 Å². The quantitative estimate of drug-likeness (QED) is 0.635. The zero-order valence-corrected chi connectivity index (χ0v) is 7.74. The Bertz CT molecular complexity index is 128. The maximum atomic E-state index is 9.54. The lowest BCUT2D eigenvalue weighted by Crippen LogP contribution is -2.43. The molecule has 0 aliphatic carbocycles. The van der Waals surface area contributed by atoms with Crippen LogP contribution in [0.5, 0.6) is 0 Å². The van der Waals surface area contributed by atoms with Crippen LogP contribution in [0.4, 0.5) is 0 Å². The van der Waals surface area contributed by atoms with Crippen molar-refractivity contribution >= 4 is 0 Å². The Labute approximate surface area is 74.0 Å². The average molecular weight is 173 g/mol. The number of aliphatic hydroxyl groups is 2. The summed E-state index contributed by atoms with van der Waals surface area (Å²) in [6.45, 7) is 5.11. The Balaban J connectivity index is 2.21. The first-order valence-corrected chi connectivity index (χ1v) is 4.75. The van der Waals surface area contributed by atoms with E-state index in [0.717, 1.165) is 32.5 Å². The molecule has 0 radical (unpaired) electrons. The molecule has 0 aromatic carbocycles. The van der Waals surface area contributed by atoms with Gasteiger partial charge in [0.05, 0.1) is 6.10 Å². The third-order valence-electron chi connectivity index (χ3n) is 2.64. The maximum absolute atomic E-state index is 9.54. The molecule has 3 heteroatoms. The van der Waals surface area contributed by atoms with Gasteiger partial charge < -0.3 is 15.1 Å². The molecule has 3 nitrogen and oxygen atoms in total. The standard InChI is InChI=1S/C9H19NO2/c1-8-3-5-10(4-2-6-11)7-9(8)12/h8-9,11-12H,2-7H2,1H3. The van der Waals surface area contributed by atoms with E-state index < -0.39 is 0 Å². The molecule has 72 valence electrons. The SMILES string of the molecule is CC1CCN(CCCO)CC1O. The number of β-amino-alcohol motifs (C(OH)–C–C–N with tert-alkyl or cyclic N) is 1. The number of hydrogen-bond acceptors (Lipinski definition) is 3. The van der Waals surface area contributed by atoms with Crippen molar-refractivity contribution in [1.82, 2.24) is 4.90 Å². The first-order chi connectivity index (χ1) is 5.74. The second-order valence-corrected chi connectivity index (χ2v) is 3.71. The Morgan fingerprint density at radius 2 is 2.25 bits per heavy atom. The van der Waals surface area contributed by atoms with Gasteiger partial charge in [-0.2, -0.15) is 0 Å². The van der Waals surface area contributed by atoms with E-state index in [0.29, 0.717) is 5.92 Å². The van der Waals surface area contributed by atoms with E-state index in [1.165, 1.54) is 0 Å². The number of likely N-dealkylation sites (tertiary alicyclic amines) is 1. The van der Waals surface area contributed by atoms with Gasteiger partial charge >= 0.3 is 0 Å². The Morgan fingerprint density at radius 1 is 1.50 bits per heavy atom. The first-order valence-electron chi connectivity index (χ1n) is 4.75. The first kappa shape index (κ1) is 9.96. The summed E-state index contributed by atoms with van der Waals surface area (Å²) in [7, 11) is 0. The van der Waals surface area contributed by atoms with Gasteiger partial charge in [0.15, 0.2) is 0 Å². The number of piperidine rings is 1. The van der Waals surface area contributed by atoms with Crippen molar-refractivity contribution in [3.8, 4) is 0 Å². The van der Waals surface area contributed by atoms with E-state index in [1.54, 1.807) is 0 Å². The minimum atomic E-state index is -0.169. The monoisotopic (exact) mass is 173 g/mol. The van der Waals surface area contributed by atoms with Crippen LogP contribution >= 0.6 is 0 Å². The summed E-state index contributed by atoms with van der Waals surface area (Å²) in [6.07, 6.45) is 1.73. The molecule has 0 aromatic rings. The van der Waals surface area contributed by atoms with Gasteiger partial charge in [-0.1, -0.05) is 6.92 Å². The van der Waals surface area contributed by atoms with Gasteiger partial charge in [-0.3, -0.25) is 0 Å². The summed E-state index contributed by atoms with van der Waals surface area (Å²) < 4.78 is 0. The molecule has 0 spiro atoms. The van der Waals surface area contributed by atoms with Crippen molar-refractivity contribution in [2.75, 3.05) is 26.2 Å². The van der Waals surface area contributed by atoms with Gasteiger partial charge in [0.25, 0.3) is 0 Å². The van der Waals surface area contributed by atoms with Gasteiger partial charge in [0.2, 0.25) is 0 Å². The van der Waals surface area contributed by atoms with Crippen LogP contribution in [0.25, 0.3) is 0 Å². The van der Waals surface area contributed by atoms with Gasteiger partial charge in [-0.05, 0) is 25.3 Å². The highest BCUT2D eigenvalue weighted by Crippen LogP contribution is 2.16. The lowest BCUT2D eigenvalue weighted by Gasteiger charge is -2.34. The van der Waals surface area contributed by atoms with Crippen LogP contribution in [0, 0.1) is 5.92 Å². The van der Waals surface area contributed by atoms with Crippen molar-refractivity contribution in [1.29, 1.82) is 0 Å². The number of nitrogens with zero attached hydrogens (tertiary/aromatic N) is 1. The van der Waals surface area contributed by atoms with Crippen LogP contribution in [0.15, 0.2) is 0 Å². The fourth-order valence-corrected chi connectivity index (χ4v) is 1.61. The molecular formula is C9H19NO2. The van der Waals surface area contributed by atoms with Gasteiger partial charge in [0.1, 0.15) is 0 Å². The molecule has 1 fully saturated rings. The molecule has 0 bridgehead atoms. The Kier molecular flexibility index (Phi) is 3.98. The topological polar surface area (TPSA) is 43.7 Å². The van der Waals surface area contributed by atoms with E-state index in [4.69, 9.17) is 5.11 Å². The fourth-order valence-electron chi connectivity index (χ4n) is 1.61. The highest BCUT2D eigenvalue weighted by Gasteiger charge is 2.23.